The fourth-order valence-electron chi connectivity index (χ4n) is 7.70. The van der Waals surface area contributed by atoms with Crippen LogP contribution in [0.2, 0.25) is 0 Å². The predicted molar refractivity (Wildman–Crippen MR) is 200 cm³/mol. The van der Waals surface area contributed by atoms with E-state index in [1.807, 2.05) is 24.3 Å². The van der Waals surface area contributed by atoms with E-state index in [0.717, 1.165) is 23.3 Å². The number of likely N-dealkylation sites (tertiary alicyclic amines) is 1. The number of nitrogens with one attached hydrogen (secondary N) is 1. The highest BCUT2D eigenvalue weighted by molar-refractivity contribution is 5.98. The molecule has 2 aromatic carbocycles. The Kier molecular flexibility index (Phi) is 12.8. The average Bonchev–Trinajstić information content (AvgIpc) is 3.89. The Hall–Kier alpha value is -5.06. The molecule has 2 fully saturated rings. The van der Waals surface area contributed by atoms with E-state index in [1.165, 1.54) is 17.0 Å². The Morgan fingerprint density at radius 1 is 1.02 bits per heavy atom. The van der Waals surface area contributed by atoms with Crippen molar-refractivity contribution in [2.45, 2.75) is 114 Å². The number of hydrogen-bond acceptors (Lipinski definition) is 11. The topological polar surface area (TPSA) is 167 Å². The first-order valence-electron chi connectivity index (χ1n) is 19.2. The van der Waals surface area contributed by atoms with E-state index in [-0.39, 0.29) is 42.5 Å². The molecule has 2 heterocycles. The molecule has 58 heavy (non-hydrogen) atoms. The molecule has 2 aliphatic carbocycles. The van der Waals surface area contributed by atoms with E-state index in [1.54, 1.807) is 39.0 Å². The zero-order chi connectivity index (χ0) is 41.8. The zero-order valence-corrected chi connectivity index (χ0v) is 32.4. The van der Waals surface area contributed by atoms with E-state index in [0.29, 0.717) is 25.7 Å². The Morgan fingerprint density at radius 3 is 2.38 bits per heavy atom. The summed E-state index contributed by atoms with van der Waals surface area (Å²) >= 11 is 0. The fourth-order valence-corrected chi connectivity index (χ4v) is 7.70. The van der Waals surface area contributed by atoms with Crippen LogP contribution in [0.1, 0.15) is 79.9 Å². The van der Waals surface area contributed by atoms with Gasteiger partial charge in [0.2, 0.25) is 11.8 Å². The van der Waals surface area contributed by atoms with Crippen LogP contribution < -0.4 is 5.32 Å². The SMILES string of the molecule is CC(C)(C)OC(=O)CCC(CO)NC(=O)C1CCCN1C(=O)C1=CC2OC3(Cc4ccccc4C3)OC2C(OC(=O)c2ccccc2C=CC(=O)OCC(F)(F)F)C1. The molecule has 13 nitrogen and oxygen atoms in total. The van der Waals surface area contributed by atoms with Crippen molar-refractivity contribution in [3.63, 3.8) is 0 Å². The summed E-state index contributed by atoms with van der Waals surface area (Å²) in [6, 6.07) is 12.2. The number of esters is 3. The second kappa shape index (κ2) is 17.4. The molecule has 312 valence electrons. The molecule has 5 atom stereocenters. The Bertz CT molecular complexity index is 1930. The number of ether oxygens (including phenoxy) is 5. The minimum Gasteiger partial charge on any atom is -0.460 e. The number of aliphatic hydroxyl groups excluding tert-OH is 1. The maximum absolute atomic E-state index is 14.3. The van der Waals surface area contributed by atoms with Gasteiger partial charge in [-0.1, -0.05) is 42.5 Å². The lowest BCUT2D eigenvalue weighted by Crippen LogP contribution is -2.51. The third-order valence-electron chi connectivity index (χ3n) is 10.2. The number of halogens is 3. The number of aliphatic hydroxyl groups is 1. The number of amides is 2. The van der Waals surface area contributed by atoms with Crippen LogP contribution in [0.4, 0.5) is 13.2 Å². The Labute approximate surface area is 333 Å². The largest absolute Gasteiger partial charge is 0.460 e. The fraction of sp³-hybridized carbons (Fsp3) is 0.500. The van der Waals surface area contributed by atoms with E-state index >= 15 is 0 Å². The lowest BCUT2D eigenvalue weighted by molar-refractivity contribution is -0.182. The van der Waals surface area contributed by atoms with Crippen LogP contribution in [-0.2, 0) is 55.7 Å². The lowest BCUT2D eigenvalue weighted by Gasteiger charge is -2.33. The molecule has 2 aliphatic heterocycles. The number of nitrogens with zero attached hydrogens (tertiary/aromatic N) is 1. The van der Waals surface area contributed by atoms with Crippen LogP contribution in [0.15, 0.2) is 66.3 Å². The van der Waals surface area contributed by atoms with Gasteiger partial charge in [0, 0.05) is 43.9 Å². The monoisotopic (exact) mass is 812 g/mol. The summed E-state index contributed by atoms with van der Waals surface area (Å²) < 4.78 is 66.4. The second-order valence-corrected chi connectivity index (χ2v) is 15.9. The van der Waals surface area contributed by atoms with Crippen molar-refractivity contribution in [2.24, 2.45) is 0 Å². The first-order chi connectivity index (χ1) is 27.4. The van der Waals surface area contributed by atoms with Gasteiger partial charge in [-0.3, -0.25) is 14.4 Å². The number of benzene rings is 2. The van der Waals surface area contributed by atoms with Crippen molar-refractivity contribution in [3.8, 4) is 0 Å². The number of hydrogen-bond donors (Lipinski definition) is 2. The maximum atomic E-state index is 14.3. The molecule has 0 saturated carbocycles. The van der Waals surface area contributed by atoms with Crippen LogP contribution in [0.25, 0.3) is 6.08 Å². The molecule has 5 unspecified atom stereocenters. The number of carbonyl (C=O) groups is 5. The Morgan fingerprint density at radius 2 is 1.71 bits per heavy atom. The highest BCUT2D eigenvalue weighted by atomic mass is 19.4. The van der Waals surface area contributed by atoms with Crippen molar-refractivity contribution in [2.75, 3.05) is 19.8 Å². The summed E-state index contributed by atoms with van der Waals surface area (Å²) in [6.45, 7) is 3.28. The van der Waals surface area contributed by atoms with E-state index in [4.69, 9.17) is 18.9 Å². The highest BCUT2D eigenvalue weighted by Crippen LogP contribution is 2.45. The molecule has 2 aromatic rings. The summed E-state index contributed by atoms with van der Waals surface area (Å²) in [5.41, 5.74) is 1.77. The summed E-state index contributed by atoms with van der Waals surface area (Å²) in [7, 11) is 0. The normalized spacial score (nSPS) is 22.9. The van der Waals surface area contributed by atoms with Crippen molar-refractivity contribution in [1.29, 1.82) is 0 Å². The summed E-state index contributed by atoms with van der Waals surface area (Å²) in [5, 5.41) is 12.8. The lowest BCUT2D eigenvalue weighted by atomic mass is 9.91. The molecule has 1 spiro atoms. The summed E-state index contributed by atoms with van der Waals surface area (Å²) in [4.78, 5) is 67.4. The number of carbonyl (C=O) groups excluding carboxylic acids is 5. The first-order valence-corrected chi connectivity index (χ1v) is 19.2. The standard InChI is InChI=1S/C42H47F3N2O11/c1-40(2,3)57-35(50)17-15-29(23-48)46-37(51)31-13-8-18-47(31)38(52)28-19-32(36-33(20-28)56-41(58-36)21-26-10-4-5-11-27(26)22-41)55-39(53)30-12-7-6-9-25(30)14-16-34(49)54-24-42(43,44)45/h4-7,9-12,14,16,20,29,31-33,36,48H,8,13,15,17-19,21-24H2,1-3H3,(H,46,51). The number of rotatable bonds is 12. The van der Waals surface area contributed by atoms with Crippen LogP contribution in [-0.4, -0.2) is 107 Å². The average molecular weight is 813 g/mol. The van der Waals surface area contributed by atoms with Crippen molar-refractivity contribution < 1.29 is 65.9 Å². The maximum Gasteiger partial charge on any atom is 0.422 e. The van der Waals surface area contributed by atoms with Crippen LogP contribution in [0.5, 0.6) is 0 Å². The molecule has 2 saturated heterocycles. The van der Waals surface area contributed by atoms with Crippen molar-refractivity contribution in [1.82, 2.24) is 10.2 Å². The molecule has 2 N–H and O–H groups in total. The van der Waals surface area contributed by atoms with Gasteiger partial charge in [-0.05, 0) is 74.9 Å². The minimum atomic E-state index is -4.71. The van der Waals surface area contributed by atoms with Gasteiger partial charge in [0.05, 0.1) is 18.2 Å². The predicted octanol–water partition coefficient (Wildman–Crippen LogP) is 4.53. The molecular weight excluding hydrogens is 765 g/mol. The van der Waals surface area contributed by atoms with Crippen molar-refractivity contribution >= 4 is 35.8 Å². The van der Waals surface area contributed by atoms with E-state index in [2.05, 4.69) is 10.1 Å². The van der Waals surface area contributed by atoms with Gasteiger partial charge in [0.25, 0.3) is 0 Å². The first kappa shape index (κ1) is 42.5. The van der Waals surface area contributed by atoms with Crippen LogP contribution >= 0.6 is 0 Å². The van der Waals surface area contributed by atoms with Crippen molar-refractivity contribution in [3.05, 3.63) is 88.5 Å². The molecular formula is C42H47F3N2O11. The molecule has 16 heteroatoms. The summed E-state index contributed by atoms with van der Waals surface area (Å²) in [5.74, 6) is -4.62. The second-order valence-electron chi connectivity index (χ2n) is 15.9. The molecule has 0 aromatic heterocycles. The third-order valence-corrected chi connectivity index (χ3v) is 10.2. The molecule has 0 radical (unpaired) electrons. The number of alkyl halides is 3. The zero-order valence-electron chi connectivity index (χ0n) is 32.4. The minimum absolute atomic E-state index is 0.00960. The quantitative estimate of drug-likeness (QED) is 0.176. The van der Waals surface area contributed by atoms with E-state index < -0.39 is 90.9 Å². The van der Waals surface area contributed by atoms with Crippen LogP contribution in [0.3, 0.4) is 0 Å². The van der Waals surface area contributed by atoms with Crippen LogP contribution in [0, 0.1) is 0 Å². The summed E-state index contributed by atoms with van der Waals surface area (Å²) in [6.07, 6.45) is -2.13. The van der Waals surface area contributed by atoms with Gasteiger partial charge in [0.15, 0.2) is 12.4 Å². The molecule has 0 bridgehead atoms. The van der Waals surface area contributed by atoms with Gasteiger partial charge < -0.3 is 39.0 Å². The van der Waals surface area contributed by atoms with Gasteiger partial charge in [-0.15, -0.1) is 0 Å². The smallest absolute Gasteiger partial charge is 0.422 e. The number of fused-ring (bicyclic) bond motifs is 2. The van der Waals surface area contributed by atoms with Gasteiger partial charge >= 0.3 is 24.1 Å². The van der Waals surface area contributed by atoms with E-state index in [9.17, 15) is 42.3 Å². The van der Waals surface area contributed by atoms with Gasteiger partial charge in [-0.25, -0.2) is 9.59 Å². The highest BCUT2D eigenvalue weighted by Gasteiger charge is 2.55. The van der Waals surface area contributed by atoms with Gasteiger partial charge in [-0.2, -0.15) is 13.2 Å². The molecule has 6 rings (SSSR count). The molecule has 4 aliphatic rings. The Balaban J connectivity index is 1.19. The molecule has 2 amide bonds. The van der Waals surface area contributed by atoms with Gasteiger partial charge in [0.1, 0.15) is 30.0 Å². The third kappa shape index (κ3) is 10.5.